The molecule has 1 atom stereocenters. The molecule has 0 saturated carbocycles. The van der Waals surface area contributed by atoms with Gasteiger partial charge in [0, 0.05) is 21.9 Å². The second-order valence-corrected chi connectivity index (χ2v) is 5.18. The first-order chi connectivity index (χ1) is 8.00. The van der Waals surface area contributed by atoms with E-state index in [0.29, 0.717) is 14.8 Å². The molecule has 0 saturated heterocycles. The average Bonchev–Trinajstić information content (AvgIpc) is 2.58. The first kappa shape index (κ1) is 12.7. The predicted molar refractivity (Wildman–Crippen MR) is 74.6 cm³/mol. The van der Waals surface area contributed by atoms with E-state index < -0.39 is 0 Å². The van der Waals surface area contributed by atoms with E-state index in [1.807, 2.05) is 29.8 Å². The van der Waals surface area contributed by atoms with Gasteiger partial charge in [-0.15, -0.1) is 0 Å². The highest BCUT2D eigenvalue weighted by molar-refractivity contribution is 7.71. The van der Waals surface area contributed by atoms with Crippen LogP contribution in [0.2, 0.25) is 10.0 Å². The molecule has 0 radical (unpaired) electrons. The smallest absolute Gasteiger partial charge is 0.177 e. The summed E-state index contributed by atoms with van der Waals surface area (Å²) in [5.74, 6) is 0. The minimum Gasteiger partial charge on any atom is -0.337 e. The van der Waals surface area contributed by atoms with E-state index in [2.05, 4.69) is 11.9 Å². The molecule has 1 aromatic heterocycles. The molecule has 0 aliphatic heterocycles. The minimum absolute atomic E-state index is 0.0820. The summed E-state index contributed by atoms with van der Waals surface area (Å²) < 4.78 is 2.73. The molecule has 0 amide bonds. The van der Waals surface area contributed by atoms with Crippen molar-refractivity contribution in [2.75, 3.05) is 0 Å². The highest BCUT2D eigenvalue weighted by atomic mass is 35.5. The van der Waals surface area contributed by atoms with E-state index >= 15 is 0 Å². The number of aromatic nitrogens is 2. The van der Waals surface area contributed by atoms with Gasteiger partial charge < -0.3 is 9.55 Å². The summed E-state index contributed by atoms with van der Waals surface area (Å²) in [6, 6.07) is 5.60. The van der Waals surface area contributed by atoms with Crippen molar-refractivity contribution in [1.29, 1.82) is 0 Å². The van der Waals surface area contributed by atoms with Crippen LogP contribution in [0, 0.1) is 11.7 Å². The number of hydrogen-bond acceptors (Lipinski definition) is 1. The zero-order valence-electron chi connectivity index (χ0n) is 9.50. The maximum atomic E-state index is 6.20. The molecule has 0 bridgehead atoms. The van der Waals surface area contributed by atoms with Gasteiger partial charge in [-0.25, -0.2) is 0 Å². The van der Waals surface area contributed by atoms with Gasteiger partial charge in [0.25, 0.3) is 0 Å². The van der Waals surface area contributed by atoms with Crippen LogP contribution in [0.3, 0.4) is 0 Å². The monoisotopic (exact) mass is 286 g/mol. The molecular weight excluding hydrogens is 275 g/mol. The summed E-state index contributed by atoms with van der Waals surface area (Å²) in [5.41, 5.74) is 2.09. The fraction of sp³-hybridized carbons (Fsp3) is 0.250. The van der Waals surface area contributed by atoms with Crippen molar-refractivity contribution in [1.82, 2.24) is 9.55 Å². The highest BCUT2D eigenvalue weighted by Gasteiger charge is 2.14. The number of hydrogen-bond donors (Lipinski definition) is 1. The van der Waals surface area contributed by atoms with Crippen molar-refractivity contribution < 1.29 is 0 Å². The molecule has 2 aromatic rings. The predicted octanol–water partition coefficient (Wildman–Crippen LogP) is 4.77. The lowest BCUT2D eigenvalue weighted by Crippen LogP contribution is -2.09. The molecule has 0 fully saturated rings. The summed E-state index contributed by atoms with van der Waals surface area (Å²) in [6.07, 6.45) is 1.89. The molecule has 17 heavy (non-hydrogen) atoms. The Hall–Kier alpha value is -0.770. The van der Waals surface area contributed by atoms with Gasteiger partial charge in [0.2, 0.25) is 0 Å². The first-order valence-corrected chi connectivity index (χ1v) is 6.38. The number of aryl methyl sites for hydroxylation is 1. The van der Waals surface area contributed by atoms with Gasteiger partial charge in [-0.2, -0.15) is 0 Å². The lowest BCUT2D eigenvalue weighted by molar-refractivity contribution is 0.615. The number of nitrogens with zero attached hydrogens (tertiary/aromatic N) is 1. The SMILES string of the molecule is Cc1c[nH]c(=S)n1C(C)c1ccc(Cl)cc1Cl. The van der Waals surface area contributed by atoms with Crippen molar-refractivity contribution in [3.63, 3.8) is 0 Å². The molecule has 5 heteroatoms. The van der Waals surface area contributed by atoms with E-state index in [0.717, 1.165) is 11.3 Å². The van der Waals surface area contributed by atoms with Gasteiger partial charge in [0.15, 0.2) is 4.77 Å². The molecule has 1 aromatic carbocycles. The number of imidazole rings is 1. The third-order valence-electron chi connectivity index (χ3n) is 2.80. The molecule has 1 N–H and O–H groups in total. The number of rotatable bonds is 2. The maximum absolute atomic E-state index is 6.20. The van der Waals surface area contributed by atoms with Gasteiger partial charge in [-0.1, -0.05) is 29.3 Å². The van der Waals surface area contributed by atoms with Crippen LogP contribution in [-0.4, -0.2) is 9.55 Å². The second-order valence-electron chi connectivity index (χ2n) is 3.95. The van der Waals surface area contributed by atoms with Crippen LogP contribution in [0.1, 0.15) is 24.2 Å². The van der Waals surface area contributed by atoms with E-state index in [9.17, 15) is 0 Å². The Morgan fingerprint density at radius 1 is 1.35 bits per heavy atom. The molecule has 1 heterocycles. The molecule has 0 aliphatic carbocycles. The average molecular weight is 287 g/mol. The molecular formula is C12H12Cl2N2S. The van der Waals surface area contributed by atoms with Crippen molar-refractivity contribution in [3.05, 3.63) is 50.5 Å². The van der Waals surface area contributed by atoms with E-state index in [-0.39, 0.29) is 6.04 Å². The Morgan fingerprint density at radius 2 is 2.06 bits per heavy atom. The molecule has 0 aliphatic rings. The third kappa shape index (κ3) is 2.41. The second kappa shape index (κ2) is 4.84. The van der Waals surface area contributed by atoms with E-state index in [1.54, 1.807) is 6.07 Å². The Kier molecular flexibility index (Phi) is 3.61. The van der Waals surface area contributed by atoms with Gasteiger partial charge in [-0.05, 0) is 43.8 Å². The lowest BCUT2D eigenvalue weighted by Gasteiger charge is -2.17. The zero-order valence-corrected chi connectivity index (χ0v) is 11.8. The highest BCUT2D eigenvalue weighted by Crippen LogP contribution is 2.29. The molecule has 90 valence electrons. The summed E-state index contributed by atoms with van der Waals surface area (Å²) in [7, 11) is 0. The molecule has 1 unspecified atom stereocenters. The number of H-pyrrole nitrogens is 1. The van der Waals surface area contributed by atoms with Crippen LogP contribution < -0.4 is 0 Å². The van der Waals surface area contributed by atoms with E-state index in [4.69, 9.17) is 35.4 Å². The summed E-state index contributed by atoms with van der Waals surface area (Å²) in [6.45, 7) is 4.07. The van der Waals surface area contributed by atoms with Crippen molar-refractivity contribution in [3.8, 4) is 0 Å². The van der Waals surface area contributed by atoms with Gasteiger partial charge >= 0.3 is 0 Å². The fourth-order valence-electron chi connectivity index (χ4n) is 1.93. The van der Waals surface area contributed by atoms with Crippen LogP contribution in [0.15, 0.2) is 24.4 Å². The van der Waals surface area contributed by atoms with Gasteiger partial charge in [0.05, 0.1) is 6.04 Å². The van der Waals surface area contributed by atoms with Crippen LogP contribution in [0.4, 0.5) is 0 Å². The van der Waals surface area contributed by atoms with Crippen molar-refractivity contribution in [2.24, 2.45) is 0 Å². The summed E-state index contributed by atoms with van der Waals surface area (Å²) in [4.78, 5) is 3.03. The number of aromatic amines is 1. The lowest BCUT2D eigenvalue weighted by atomic mass is 10.1. The Balaban J connectivity index is 2.51. The number of nitrogens with one attached hydrogen (secondary N) is 1. The van der Waals surface area contributed by atoms with E-state index in [1.165, 1.54) is 0 Å². The van der Waals surface area contributed by atoms with Crippen molar-refractivity contribution >= 4 is 35.4 Å². The van der Waals surface area contributed by atoms with Crippen LogP contribution in [0.25, 0.3) is 0 Å². The van der Waals surface area contributed by atoms with Crippen LogP contribution >= 0.6 is 35.4 Å². The summed E-state index contributed by atoms with van der Waals surface area (Å²) in [5, 5.41) is 1.30. The Bertz CT molecular complexity index is 601. The Labute approximate surface area is 115 Å². The third-order valence-corrected chi connectivity index (χ3v) is 3.68. The van der Waals surface area contributed by atoms with Gasteiger partial charge in [0.1, 0.15) is 0 Å². The molecule has 2 rings (SSSR count). The largest absolute Gasteiger partial charge is 0.337 e. The number of halogens is 2. The quantitative estimate of drug-likeness (QED) is 0.789. The summed E-state index contributed by atoms with van der Waals surface area (Å²) >= 11 is 17.4. The standard InChI is InChI=1S/C12H12Cl2N2S/c1-7-6-15-12(17)16(7)8(2)10-4-3-9(13)5-11(10)14/h3-6,8H,1-2H3,(H,15,17). The molecule has 0 spiro atoms. The Morgan fingerprint density at radius 3 is 2.59 bits per heavy atom. The molecule has 2 nitrogen and oxygen atoms in total. The topological polar surface area (TPSA) is 20.7 Å². The first-order valence-electron chi connectivity index (χ1n) is 5.22. The van der Waals surface area contributed by atoms with Crippen molar-refractivity contribution in [2.45, 2.75) is 19.9 Å². The van der Waals surface area contributed by atoms with Crippen LogP contribution in [-0.2, 0) is 0 Å². The number of benzene rings is 1. The van der Waals surface area contributed by atoms with Crippen LogP contribution in [0.5, 0.6) is 0 Å². The zero-order chi connectivity index (χ0) is 12.6. The minimum atomic E-state index is 0.0820. The normalized spacial score (nSPS) is 12.7. The van der Waals surface area contributed by atoms with Gasteiger partial charge in [-0.3, -0.25) is 0 Å². The maximum Gasteiger partial charge on any atom is 0.177 e. The fourth-order valence-corrected chi connectivity index (χ4v) is 2.85.